The molecule has 1 heterocycles. The van der Waals surface area contributed by atoms with Crippen molar-refractivity contribution in [3.8, 4) is 0 Å². The minimum absolute atomic E-state index is 0.307. The Labute approximate surface area is 93.9 Å². The van der Waals surface area contributed by atoms with Crippen LogP contribution in [-0.2, 0) is 0 Å². The first-order valence-electron chi connectivity index (χ1n) is 6.43. The molecule has 0 saturated carbocycles. The molecular formula is C12H26N2O. The van der Waals surface area contributed by atoms with Gasteiger partial charge in [-0.3, -0.25) is 0 Å². The van der Waals surface area contributed by atoms with Gasteiger partial charge in [0.15, 0.2) is 0 Å². The molecule has 0 amide bonds. The highest BCUT2D eigenvalue weighted by Crippen LogP contribution is 2.11. The van der Waals surface area contributed by atoms with Crippen molar-refractivity contribution in [1.82, 2.24) is 10.2 Å². The maximum Gasteiger partial charge on any atom is 0.0443 e. The molecule has 3 heteroatoms. The predicted octanol–water partition coefficient (Wildman–Crippen LogP) is 1.22. The van der Waals surface area contributed by atoms with Gasteiger partial charge in [0.05, 0.1) is 0 Å². The van der Waals surface area contributed by atoms with Crippen LogP contribution in [0.4, 0.5) is 0 Å². The van der Waals surface area contributed by atoms with E-state index in [1.807, 2.05) is 0 Å². The van der Waals surface area contributed by atoms with Crippen molar-refractivity contribution in [1.29, 1.82) is 0 Å². The zero-order valence-corrected chi connectivity index (χ0v) is 10.0. The second kappa shape index (κ2) is 8.08. The van der Waals surface area contributed by atoms with Crippen molar-refractivity contribution < 1.29 is 5.11 Å². The van der Waals surface area contributed by atoms with Crippen LogP contribution in [0, 0.1) is 0 Å². The van der Waals surface area contributed by atoms with E-state index in [4.69, 9.17) is 5.11 Å². The van der Waals surface area contributed by atoms with Gasteiger partial charge in [-0.15, -0.1) is 0 Å². The molecule has 1 saturated heterocycles. The van der Waals surface area contributed by atoms with Gasteiger partial charge in [0.1, 0.15) is 0 Å². The Morgan fingerprint density at radius 2 is 2.20 bits per heavy atom. The van der Waals surface area contributed by atoms with E-state index in [2.05, 4.69) is 17.1 Å². The fourth-order valence-electron chi connectivity index (χ4n) is 2.29. The molecule has 0 radical (unpaired) electrons. The van der Waals surface area contributed by atoms with Gasteiger partial charge in [0, 0.05) is 12.6 Å². The Kier molecular flexibility index (Phi) is 6.98. The molecule has 1 fully saturated rings. The number of nitrogens with one attached hydrogen (secondary N) is 1. The Morgan fingerprint density at radius 1 is 1.33 bits per heavy atom. The van der Waals surface area contributed by atoms with Crippen LogP contribution < -0.4 is 5.32 Å². The minimum atomic E-state index is 0.307. The second-order valence-electron chi connectivity index (χ2n) is 4.50. The van der Waals surface area contributed by atoms with Crippen LogP contribution in [0.2, 0.25) is 0 Å². The van der Waals surface area contributed by atoms with Gasteiger partial charge < -0.3 is 15.3 Å². The summed E-state index contributed by atoms with van der Waals surface area (Å²) >= 11 is 0. The fourth-order valence-corrected chi connectivity index (χ4v) is 2.29. The molecule has 1 unspecified atom stereocenters. The molecule has 1 aliphatic rings. The highest BCUT2D eigenvalue weighted by Gasteiger charge is 2.15. The molecule has 2 N–H and O–H groups in total. The van der Waals surface area contributed by atoms with Crippen LogP contribution in [0.15, 0.2) is 0 Å². The molecule has 0 aliphatic carbocycles. The quantitative estimate of drug-likeness (QED) is 0.653. The lowest BCUT2D eigenvalue weighted by atomic mass is 10.1. The summed E-state index contributed by atoms with van der Waals surface area (Å²) in [5, 5.41) is 12.3. The largest absolute Gasteiger partial charge is 0.396 e. The van der Waals surface area contributed by atoms with E-state index >= 15 is 0 Å². The van der Waals surface area contributed by atoms with Crippen molar-refractivity contribution in [2.75, 3.05) is 32.8 Å². The van der Waals surface area contributed by atoms with Crippen LogP contribution in [-0.4, -0.2) is 48.8 Å². The van der Waals surface area contributed by atoms with E-state index in [0.29, 0.717) is 12.6 Å². The van der Waals surface area contributed by atoms with E-state index < -0.39 is 0 Å². The van der Waals surface area contributed by atoms with E-state index in [0.717, 1.165) is 13.0 Å². The third-order valence-electron chi connectivity index (χ3n) is 3.13. The SMILES string of the molecule is CCCN1CCCC(NCCCO)CC1. The highest BCUT2D eigenvalue weighted by molar-refractivity contribution is 4.74. The van der Waals surface area contributed by atoms with Gasteiger partial charge in [0.25, 0.3) is 0 Å². The average molecular weight is 214 g/mol. The first-order valence-corrected chi connectivity index (χ1v) is 6.43. The molecule has 15 heavy (non-hydrogen) atoms. The number of hydrogen-bond acceptors (Lipinski definition) is 3. The molecule has 0 aromatic heterocycles. The summed E-state index contributed by atoms with van der Waals surface area (Å²) in [5.74, 6) is 0. The lowest BCUT2D eigenvalue weighted by Crippen LogP contribution is -2.32. The lowest BCUT2D eigenvalue weighted by molar-refractivity contribution is 0.275. The van der Waals surface area contributed by atoms with Gasteiger partial charge in [0.2, 0.25) is 0 Å². The summed E-state index contributed by atoms with van der Waals surface area (Å²) in [6.45, 7) is 7.29. The molecule has 0 spiro atoms. The summed E-state index contributed by atoms with van der Waals surface area (Å²) in [6, 6.07) is 0.679. The van der Waals surface area contributed by atoms with Crippen molar-refractivity contribution in [2.45, 2.75) is 45.1 Å². The molecular weight excluding hydrogens is 188 g/mol. The molecule has 0 aromatic rings. The van der Waals surface area contributed by atoms with Gasteiger partial charge in [-0.05, 0) is 58.3 Å². The third kappa shape index (κ3) is 5.50. The Balaban J connectivity index is 2.14. The van der Waals surface area contributed by atoms with Gasteiger partial charge >= 0.3 is 0 Å². The number of nitrogens with zero attached hydrogens (tertiary/aromatic N) is 1. The molecule has 1 rings (SSSR count). The zero-order valence-electron chi connectivity index (χ0n) is 10.0. The van der Waals surface area contributed by atoms with Gasteiger partial charge in [-0.2, -0.15) is 0 Å². The zero-order chi connectivity index (χ0) is 10.9. The standard InChI is InChI=1S/C12H26N2O/c1-2-8-14-9-3-5-12(6-10-14)13-7-4-11-15/h12-13,15H,2-11H2,1H3. The average Bonchev–Trinajstić information content (AvgIpc) is 2.45. The number of rotatable bonds is 6. The smallest absolute Gasteiger partial charge is 0.0443 e. The van der Waals surface area contributed by atoms with Gasteiger partial charge in [-0.25, -0.2) is 0 Å². The number of hydrogen-bond donors (Lipinski definition) is 2. The number of aliphatic hydroxyl groups is 1. The maximum absolute atomic E-state index is 8.72. The summed E-state index contributed by atoms with van der Waals surface area (Å²) in [6.07, 6.45) is 6.03. The fraction of sp³-hybridized carbons (Fsp3) is 1.00. The lowest BCUT2D eigenvalue weighted by Gasteiger charge is -2.19. The van der Waals surface area contributed by atoms with E-state index in [9.17, 15) is 0 Å². The van der Waals surface area contributed by atoms with Gasteiger partial charge in [-0.1, -0.05) is 6.92 Å². The summed E-state index contributed by atoms with van der Waals surface area (Å²) in [7, 11) is 0. The highest BCUT2D eigenvalue weighted by atomic mass is 16.3. The van der Waals surface area contributed by atoms with Crippen molar-refractivity contribution in [3.63, 3.8) is 0 Å². The van der Waals surface area contributed by atoms with Crippen LogP contribution in [0.1, 0.15) is 39.0 Å². The topological polar surface area (TPSA) is 35.5 Å². The van der Waals surface area contributed by atoms with Crippen molar-refractivity contribution in [2.24, 2.45) is 0 Å². The number of likely N-dealkylation sites (tertiary alicyclic amines) is 1. The molecule has 3 nitrogen and oxygen atoms in total. The third-order valence-corrected chi connectivity index (χ3v) is 3.13. The predicted molar refractivity (Wildman–Crippen MR) is 64.1 cm³/mol. The minimum Gasteiger partial charge on any atom is -0.396 e. The first kappa shape index (κ1) is 12.9. The molecule has 1 aliphatic heterocycles. The second-order valence-corrected chi connectivity index (χ2v) is 4.50. The van der Waals surface area contributed by atoms with Crippen molar-refractivity contribution >= 4 is 0 Å². The van der Waals surface area contributed by atoms with Crippen LogP contribution >= 0.6 is 0 Å². The molecule has 0 bridgehead atoms. The van der Waals surface area contributed by atoms with E-state index in [1.54, 1.807) is 0 Å². The summed E-state index contributed by atoms with van der Waals surface area (Å²) < 4.78 is 0. The van der Waals surface area contributed by atoms with Crippen LogP contribution in [0.3, 0.4) is 0 Å². The number of aliphatic hydroxyl groups excluding tert-OH is 1. The van der Waals surface area contributed by atoms with Crippen molar-refractivity contribution in [3.05, 3.63) is 0 Å². The summed E-state index contributed by atoms with van der Waals surface area (Å²) in [4.78, 5) is 2.58. The Hall–Kier alpha value is -0.120. The van der Waals surface area contributed by atoms with E-state index in [1.165, 1.54) is 45.3 Å². The first-order chi connectivity index (χ1) is 7.36. The Bertz CT molecular complexity index is 153. The molecule has 0 aromatic carbocycles. The monoisotopic (exact) mass is 214 g/mol. The van der Waals surface area contributed by atoms with E-state index in [-0.39, 0.29) is 0 Å². The normalized spacial score (nSPS) is 24.0. The molecule has 1 atom stereocenters. The van der Waals surface area contributed by atoms with Crippen LogP contribution in [0.25, 0.3) is 0 Å². The maximum atomic E-state index is 8.72. The van der Waals surface area contributed by atoms with Crippen LogP contribution in [0.5, 0.6) is 0 Å². The Morgan fingerprint density at radius 3 is 2.93 bits per heavy atom. The molecule has 90 valence electrons. The summed E-state index contributed by atoms with van der Waals surface area (Å²) in [5.41, 5.74) is 0.